The highest BCUT2D eigenvalue weighted by atomic mass is 32.2. The number of Topliss-reactive ketones (excluding diaryl/α,β-unsaturated/α-hetero) is 1. The van der Waals surface area contributed by atoms with E-state index in [0.29, 0.717) is 27.6 Å². The summed E-state index contributed by atoms with van der Waals surface area (Å²) in [6.07, 6.45) is 5.22. The third kappa shape index (κ3) is 9.28. The SMILES string of the molecule is CC(C)OC(=O)Nc1ccc(-c2ncc(-c3ccc(CCC(=O)Cc4cccnc4)cc3S(=O)(=O)NC(C)(C)C)s2)cc1. The van der Waals surface area contributed by atoms with Crippen LogP contribution in [-0.4, -0.2) is 41.9 Å². The van der Waals surface area contributed by atoms with Gasteiger partial charge in [-0.3, -0.25) is 15.1 Å². The van der Waals surface area contributed by atoms with Gasteiger partial charge >= 0.3 is 6.09 Å². The number of ketones is 1. The zero-order valence-corrected chi connectivity index (χ0v) is 26.5. The van der Waals surface area contributed by atoms with Crippen molar-refractivity contribution in [2.45, 2.75) is 70.4 Å². The van der Waals surface area contributed by atoms with Gasteiger partial charge in [-0.1, -0.05) is 18.2 Å². The monoisotopic (exact) mass is 620 g/mol. The summed E-state index contributed by atoms with van der Waals surface area (Å²) in [7, 11) is -3.90. The molecule has 0 unspecified atom stereocenters. The first-order chi connectivity index (χ1) is 20.3. The van der Waals surface area contributed by atoms with Crippen molar-refractivity contribution >= 4 is 38.9 Å². The Morgan fingerprint density at radius 2 is 1.74 bits per heavy atom. The summed E-state index contributed by atoms with van der Waals surface area (Å²) >= 11 is 1.37. The van der Waals surface area contributed by atoms with Crippen molar-refractivity contribution in [3.8, 4) is 21.0 Å². The summed E-state index contributed by atoms with van der Waals surface area (Å²) in [5.41, 5.74) is 2.84. The number of aryl methyl sites for hydroxylation is 1. The van der Waals surface area contributed by atoms with E-state index < -0.39 is 21.7 Å². The van der Waals surface area contributed by atoms with Gasteiger partial charge in [0.2, 0.25) is 10.0 Å². The Bertz CT molecular complexity index is 1680. The Morgan fingerprint density at radius 1 is 1.00 bits per heavy atom. The molecule has 2 aromatic carbocycles. The maximum absolute atomic E-state index is 13.6. The second-order valence-electron chi connectivity index (χ2n) is 11.4. The number of pyridine rings is 1. The van der Waals surface area contributed by atoms with Gasteiger partial charge < -0.3 is 4.74 Å². The summed E-state index contributed by atoms with van der Waals surface area (Å²) < 4.78 is 35.1. The molecular formula is C32H36N4O5S2. The number of anilines is 1. The molecular weight excluding hydrogens is 585 g/mol. The van der Waals surface area contributed by atoms with Gasteiger partial charge in [-0.25, -0.2) is 22.9 Å². The van der Waals surface area contributed by atoms with Gasteiger partial charge in [0, 0.05) is 53.8 Å². The molecule has 0 bridgehead atoms. The van der Waals surface area contributed by atoms with Gasteiger partial charge in [0.1, 0.15) is 10.8 Å². The number of sulfonamides is 1. The van der Waals surface area contributed by atoms with Crippen LogP contribution < -0.4 is 10.0 Å². The van der Waals surface area contributed by atoms with Crippen LogP contribution in [0, 0.1) is 0 Å². The molecule has 226 valence electrons. The van der Waals surface area contributed by atoms with Crippen molar-refractivity contribution in [3.05, 3.63) is 84.3 Å². The first kappa shape index (κ1) is 32.0. The van der Waals surface area contributed by atoms with Crippen LogP contribution in [0.15, 0.2) is 78.1 Å². The van der Waals surface area contributed by atoms with Gasteiger partial charge in [-0.05, 0) is 88.6 Å². The number of amides is 1. The molecule has 0 saturated carbocycles. The van der Waals surface area contributed by atoms with Crippen molar-refractivity contribution in [2.24, 2.45) is 0 Å². The Kier molecular flexibility index (Phi) is 10.1. The predicted molar refractivity (Wildman–Crippen MR) is 170 cm³/mol. The number of aromatic nitrogens is 2. The topological polar surface area (TPSA) is 127 Å². The van der Waals surface area contributed by atoms with Gasteiger partial charge in [-0.2, -0.15) is 0 Å². The maximum atomic E-state index is 13.6. The lowest BCUT2D eigenvalue weighted by Gasteiger charge is -2.22. The van der Waals surface area contributed by atoms with Crippen LogP contribution in [0.1, 0.15) is 52.2 Å². The lowest BCUT2D eigenvalue weighted by molar-refractivity contribution is -0.118. The van der Waals surface area contributed by atoms with Crippen molar-refractivity contribution in [1.82, 2.24) is 14.7 Å². The highest BCUT2D eigenvalue weighted by molar-refractivity contribution is 7.89. The lowest BCUT2D eigenvalue weighted by atomic mass is 10.0. The molecule has 0 aliphatic heterocycles. The Morgan fingerprint density at radius 3 is 2.40 bits per heavy atom. The van der Waals surface area contributed by atoms with Crippen molar-refractivity contribution < 1.29 is 22.7 Å². The van der Waals surface area contributed by atoms with Crippen LogP contribution in [0.5, 0.6) is 0 Å². The molecule has 0 radical (unpaired) electrons. The maximum Gasteiger partial charge on any atom is 0.411 e. The Hall–Kier alpha value is -3.93. The summed E-state index contributed by atoms with van der Waals surface area (Å²) in [6, 6.07) is 16.1. The second kappa shape index (κ2) is 13.6. The molecule has 43 heavy (non-hydrogen) atoms. The molecule has 1 amide bonds. The number of benzene rings is 2. The predicted octanol–water partition coefficient (Wildman–Crippen LogP) is 6.65. The van der Waals surface area contributed by atoms with Gasteiger partial charge in [0.25, 0.3) is 0 Å². The van der Waals surface area contributed by atoms with Crippen LogP contribution in [0.2, 0.25) is 0 Å². The van der Waals surface area contributed by atoms with E-state index in [9.17, 15) is 18.0 Å². The molecule has 0 aliphatic carbocycles. The van der Waals surface area contributed by atoms with Gasteiger partial charge in [-0.15, -0.1) is 11.3 Å². The molecule has 0 aliphatic rings. The standard InChI is InChI=1S/C32H36N4O5S2/c1-21(2)41-31(38)35-25-12-10-24(11-13-25)30-34-20-28(42-30)27-15-9-22(18-29(27)43(39,40)36-32(3,4)5)8-14-26(37)17-23-7-6-16-33-19-23/h6-7,9-13,15-16,18-21,36H,8,14,17H2,1-5H3,(H,35,38). The van der Waals surface area contributed by atoms with Crippen LogP contribution in [-0.2, 0) is 32.4 Å². The third-order valence-electron chi connectivity index (χ3n) is 6.08. The number of hydrogen-bond donors (Lipinski definition) is 2. The van der Waals surface area contributed by atoms with E-state index in [2.05, 4.69) is 20.0 Å². The molecule has 0 saturated heterocycles. The average Bonchev–Trinajstić information content (AvgIpc) is 3.41. The van der Waals surface area contributed by atoms with Crippen molar-refractivity contribution in [1.29, 1.82) is 0 Å². The molecule has 0 spiro atoms. The number of hydrogen-bond acceptors (Lipinski definition) is 8. The van der Waals surface area contributed by atoms with E-state index in [4.69, 9.17) is 4.74 Å². The molecule has 2 aromatic heterocycles. The van der Waals surface area contributed by atoms with Crippen LogP contribution in [0.4, 0.5) is 10.5 Å². The van der Waals surface area contributed by atoms with Crippen LogP contribution in [0.25, 0.3) is 21.0 Å². The fourth-order valence-corrected chi connectivity index (χ4v) is 7.01. The first-order valence-electron chi connectivity index (χ1n) is 13.9. The number of carbonyl (C=O) groups excluding carboxylic acids is 2. The molecule has 0 fully saturated rings. The van der Waals surface area contributed by atoms with E-state index in [1.54, 1.807) is 83.5 Å². The molecule has 11 heteroatoms. The fraction of sp³-hybridized carbons (Fsp3) is 0.312. The summed E-state index contributed by atoms with van der Waals surface area (Å²) in [6.45, 7) is 8.92. The van der Waals surface area contributed by atoms with E-state index in [1.165, 1.54) is 11.3 Å². The van der Waals surface area contributed by atoms with Crippen LogP contribution in [0.3, 0.4) is 0 Å². The first-order valence-corrected chi connectivity index (χ1v) is 16.2. The van der Waals surface area contributed by atoms with E-state index >= 15 is 0 Å². The molecule has 0 atom stereocenters. The molecule has 4 rings (SSSR count). The number of nitrogens with one attached hydrogen (secondary N) is 2. The van der Waals surface area contributed by atoms with E-state index in [1.807, 2.05) is 24.3 Å². The highest BCUT2D eigenvalue weighted by Gasteiger charge is 2.26. The third-order valence-corrected chi connectivity index (χ3v) is 8.96. The Labute approximate surface area is 256 Å². The zero-order chi connectivity index (χ0) is 31.2. The molecule has 2 heterocycles. The summed E-state index contributed by atoms with van der Waals surface area (Å²) in [5, 5.41) is 3.38. The lowest BCUT2D eigenvalue weighted by Crippen LogP contribution is -2.40. The minimum absolute atomic E-state index is 0.0550. The van der Waals surface area contributed by atoms with Crippen molar-refractivity contribution in [2.75, 3.05) is 5.32 Å². The minimum Gasteiger partial charge on any atom is -0.447 e. The van der Waals surface area contributed by atoms with Gasteiger partial charge in [0.15, 0.2) is 0 Å². The summed E-state index contributed by atoms with van der Waals surface area (Å²) in [4.78, 5) is 33.9. The largest absolute Gasteiger partial charge is 0.447 e. The normalized spacial score (nSPS) is 11.9. The molecule has 2 N–H and O–H groups in total. The average molecular weight is 621 g/mol. The van der Waals surface area contributed by atoms with E-state index in [-0.39, 0.29) is 29.6 Å². The number of rotatable bonds is 11. The number of nitrogens with zero attached hydrogens (tertiary/aromatic N) is 2. The van der Waals surface area contributed by atoms with Crippen LogP contribution >= 0.6 is 11.3 Å². The number of carbonyl (C=O) groups is 2. The Balaban J connectivity index is 1.57. The second-order valence-corrected chi connectivity index (χ2v) is 14.1. The van der Waals surface area contributed by atoms with Gasteiger partial charge in [0.05, 0.1) is 15.9 Å². The fourth-order valence-electron chi connectivity index (χ4n) is 4.30. The smallest absolute Gasteiger partial charge is 0.411 e. The zero-order valence-electron chi connectivity index (χ0n) is 24.9. The summed E-state index contributed by atoms with van der Waals surface area (Å²) in [5.74, 6) is 0.0550. The highest BCUT2D eigenvalue weighted by Crippen LogP contribution is 2.36. The quantitative estimate of drug-likeness (QED) is 0.192. The van der Waals surface area contributed by atoms with E-state index in [0.717, 1.165) is 16.7 Å². The number of thiazole rings is 1. The number of ether oxygens (including phenoxy) is 1. The van der Waals surface area contributed by atoms with Crippen molar-refractivity contribution in [3.63, 3.8) is 0 Å². The molecule has 9 nitrogen and oxygen atoms in total. The molecule has 4 aromatic rings. The minimum atomic E-state index is -3.90.